The molecule has 0 N–H and O–H groups in total. The summed E-state index contributed by atoms with van der Waals surface area (Å²) in [6, 6.07) is 0. The van der Waals surface area contributed by atoms with Gasteiger partial charge in [0.2, 0.25) is 0 Å². The molecule has 0 radical (unpaired) electrons. The van der Waals surface area contributed by atoms with E-state index in [0.29, 0.717) is 10.9 Å². The summed E-state index contributed by atoms with van der Waals surface area (Å²) >= 11 is 0. The highest BCUT2D eigenvalue weighted by molar-refractivity contribution is 7.96. The van der Waals surface area contributed by atoms with E-state index in [0.717, 1.165) is 5.75 Å². The summed E-state index contributed by atoms with van der Waals surface area (Å²) < 4.78 is 0. The van der Waals surface area contributed by atoms with Crippen LogP contribution in [0.4, 0.5) is 0 Å². The Bertz CT molecular complexity index is 75.1. The molecule has 0 saturated heterocycles. The van der Waals surface area contributed by atoms with Crippen molar-refractivity contribution in [3.05, 3.63) is 0 Å². The third-order valence-electron chi connectivity index (χ3n) is 0.823. The molecule has 0 aromatic heterocycles. The molecular formula is C6H11BrS. The SMILES string of the molecule is C#CC[S+](C)CC.[Br-]. The average molecular weight is 195 g/mol. The van der Waals surface area contributed by atoms with E-state index >= 15 is 0 Å². The van der Waals surface area contributed by atoms with Crippen LogP contribution in [0.2, 0.25) is 0 Å². The van der Waals surface area contributed by atoms with Gasteiger partial charge in [0.15, 0.2) is 5.75 Å². The van der Waals surface area contributed by atoms with Crippen molar-refractivity contribution in [2.24, 2.45) is 0 Å². The molecule has 48 valence electrons. The second-order valence-electron chi connectivity index (χ2n) is 1.42. The van der Waals surface area contributed by atoms with E-state index in [-0.39, 0.29) is 17.0 Å². The molecule has 0 amide bonds. The van der Waals surface area contributed by atoms with Gasteiger partial charge in [0, 0.05) is 0 Å². The Hall–Kier alpha value is 0.390. The van der Waals surface area contributed by atoms with Gasteiger partial charge in [0.05, 0.1) is 6.26 Å². The summed E-state index contributed by atoms with van der Waals surface area (Å²) in [7, 11) is 0.487. The first kappa shape index (κ1) is 11.2. The smallest absolute Gasteiger partial charge is 0.167 e. The monoisotopic (exact) mass is 194 g/mol. The van der Waals surface area contributed by atoms with Crippen LogP contribution in [-0.4, -0.2) is 17.8 Å². The Morgan fingerprint density at radius 1 is 1.62 bits per heavy atom. The van der Waals surface area contributed by atoms with Gasteiger partial charge in [-0.25, -0.2) is 0 Å². The van der Waals surface area contributed by atoms with E-state index in [9.17, 15) is 0 Å². The second kappa shape index (κ2) is 7.39. The minimum Gasteiger partial charge on any atom is -1.00 e. The molecule has 0 heterocycles. The number of hydrogen-bond acceptors (Lipinski definition) is 0. The van der Waals surface area contributed by atoms with Gasteiger partial charge in [-0.2, -0.15) is 0 Å². The third kappa shape index (κ3) is 6.39. The van der Waals surface area contributed by atoms with Crippen LogP contribution in [0.25, 0.3) is 0 Å². The maximum absolute atomic E-state index is 5.06. The van der Waals surface area contributed by atoms with E-state index in [4.69, 9.17) is 6.42 Å². The van der Waals surface area contributed by atoms with Crippen molar-refractivity contribution in [1.29, 1.82) is 0 Å². The van der Waals surface area contributed by atoms with Gasteiger partial charge < -0.3 is 17.0 Å². The van der Waals surface area contributed by atoms with Crippen LogP contribution in [0.15, 0.2) is 0 Å². The van der Waals surface area contributed by atoms with Crippen LogP contribution < -0.4 is 17.0 Å². The first-order chi connectivity index (χ1) is 3.31. The predicted octanol–water partition coefficient (Wildman–Crippen LogP) is -2.11. The zero-order chi connectivity index (χ0) is 5.70. The van der Waals surface area contributed by atoms with E-state index in [1.165, 1.54) is 5.75 Å². The van der Waals surface area contributed by atoms with Gasteiger partial charge in [-0.15, -0.1) is 6.42 Å². The largest absolute Gasteiger partial charge is 1.00 e. The van der Waals surface area contributed by atoms with Gasteiger partial charge in [0.25, 0.3) is 0 Å². The molecule has 0 nitrogen and oxygen atoms in total. The molecule has 0 spiro atoms. The standard InChI is InChI=1S/C6H11S.BrH/c1-4-6-7(3)5-2;/h1H,5-6H2,2-3H3;1H/q+1;/p-1. The van der Waals surface area contributed by atoms with Crippen molar-refractivity contribution < 1.29 is 17.0 Å². The van der Waals surface area contributed by atoms with Gasteiger partial charge >= 0.3 is 0 Å². The normalized spacial score (nSPS) is 11.1. The van der Waals surface area contributed by atoms with Crippen LogP contribution in [0.5, 0.6) is 0 Å². The molecule has 0 fully saturated rings. The molecule has 0 rings (SSSR count). The fourth-order valence-corrected chi connectivity index (χ4v) is 0.733. The fourth-order valence-electron chi connectivity index (χ4n) is 0.244. The van der Waals surface area contributed by atoms with Crippen LogP contribution in [0.1, 0.15) is 6.92 Å². The highest BCUT2D eigenvalue weighted by Gasteiger charge is 2.00. The molecule has 0 aliphatic rings. The lowest BCUT2D eigenvalue weighted by Crippen LogP contribution is -3.00. The molecule has 0 aliphatic heterocycles. The van der Waals surface area contributed by atoms with Crippen LogP contribution in [0, 0.1) is 12.3 Å². The summed E-state index contributed by atoms with van der Waals surface area (Å²) in [6.45, 7) is 2.17. The predicted molar refractivity (Wildman–Crippen MR) is 37.5 cm³/mol. The Morgan fingerprint density at radius 2 is 2.12 bits per heavy atom. The maximum Gasteiger partial charge on any atom is 0.167 e. The molecule has 0 aromatic carbocycles. The number of halogens is 1. The van der Waals surface area contributed by atoms with Gasteiger partial charge in [-0.3, -0.25) is 0 Å². The van der Waals surface area contributed by atoms with E-state index < -0.39 is 0 Å². The van der Waals surface area contributed by atoms with Crippen molar-refractivity contribution in [2.45, 2.75) is 6.92 Å². The molecule has 8 heavy (non-hydrogen) atoms. The summed E-state index contributed by atoms with van der Waals surface area (Å²) in [5, 5.41) is 0. The van der Waals surface area contributed by atoms with Crippen molar-refractivity contribution in [3.8, 4) is 12.3 Å². The third-order valence-corrected chi connectivity index (χ3v) is 2.47. The van der Waals surface area contributed by atoms with Crippen LogP contribution in [-0.2, 0) is 10.9 Å². The topological polar surface area (TPSA) is 0 Å². The quantitative estimate of drug-likeness (QED) is 0.349. The Kier molecular flexibility index (Phi) is 10.4. The lowest BCUT2D eigenvalue weighted by Gasteiger charge is -1.89. The number of hydrogen-bond donors (Lipinski definition) is 0. The molecule has 2 heteroatoms. The average Bonchev–Trinajstić information content (AvgIpc) is 1.68. The van der Waals surface area contributed by atoms with E-state index in [2.05, 4.69) is 19.1 Å². The minimum atomic E-state index is 0. The zero-order valence-electron chi connectivity index (χ0n) is 5.28. The van der Waals surface area contributed by atoms with Crippen molar-refractivity contribution in [3.63, 3.8) is 0 Å². The number of terminal acetylenes is 1. The Labute approximate surface area is 65.2 Å². The van der Waals surface area contributed by atoms with Crippen LogP contribution >= 0.6 is 0 Å². The summed E-state index contributed by atoms with van der Waals surface area (Å²) in [5.41, 5.74) is 0. The lowest BCUT2D eigenvalue weighted by molar-refractivity contribution is -0.00000160. The van der Waals surface area contributed by atoms with Crippen molar-refractivity contribution in [1.82, 2.24) is 0 Å². The minimum absolute atomic E-state index is 0. The highest BCUT2D eigenvalue weighted by Crippen LogP contribution is 1.85. The molecule has 0 aliphatic carbocycles. The highest BCUT2D eigenvalue weighted by atomic mass is 79.9. The van der Waals surface area contributed by atoms with Gasteiger partial charge in [-0.05, 0) is 17.8 Å². The van der Waals surface area contributed by atoms with Crippen LogP contribution in [0.3, 0.4) is 0 Å². The maximum atomic E-state index is 5.06. The van der Waals surface area contributed by atoms with Crippen molar-refractivity contribution >= 4 is 10.9 Å². The van der Waals surface area contributed by atoms with E-state index in [1.54, 1.807) is 0 Å². The zero-order valence-corrected chi connectivity index (χ0v) is 7.68. The molecule has 0 saturated carbocycles. The molecule has 1 atom stereocenters. The first-order valence-corrected chi connectivity index (χ1v) is 4.31. The van der Waals surface area contributed by atoms with E-state index in [1.807, 2.05) is 0 Å². The molecular weight excluding hydrogens is 184 g/mol. The Balaban J connectivity index is 0. The Morgan fingerprint density at radius 3 is 2.25 bits per heavy atom. The summed E-state index contributed by atoms with van der Waals surface area (Å²) in [6.07, 6.45) is 7.26. The first-order valence-electron chi connectivity index (χ1n) is 2.33. The number of rotatable bonds is 2. The fraction of sp³-hybridized carbons (Fsp3) is 0.667. The summed E-state index contributed by atoms with van der Waals surface area (Å²) in [5.74, 6) is 4.81. The van der Waals surface area contributed by atoms with Crippen molar-refractivity contribution in [2.75, 3.05) is 17.8 Å². The lowest BCUT2D eigenvalue weighted by atomic mass is 10.8. The van der Waals surface area contributed by atoms with Gasteiger partial charge in [0.1, 0.15) is 5.75 Å². The second-order valence-corrected chi connectivity index (χ2v) is 3.85. The molecule has 0 aromatic rings. The summed E-state index contributed by atoms with van der Waals surface area (Å²) in [4.78, 5) is 0. The molecule has 0 bridgehead atoms. The molecule has 1 unspecified atom stereocenters. The van der Waals surface area contributed by atoms with Gasteiger partial charge in [-0.1, -0.05) is 5.92 Å².